The predicted octanol–water partition coefficient (Wildman–Crippen LogP) is 3.05. The van der Waals surface area contributed by atoms with E-state index in [-0.39, 0.29) is 6.10 Å². The van der Waals surface area contributed by atoms with Gasteiger partial charge in [0.25, 0.3) is 0 Å². The van der Waals surface area contributed by atoms with E-state index in [0.717, 1.165) is 19.6 Å². The van der Waals surface area contributed by atoms with Gasteiger partial charge in [-0.1, -0.05) is 33.1 Å². The summed E-state index contributed by atoms with van der Waals surface area (Å²) in [6.45, 7) is 7.60. The van der Waals surface area contributed by atoms with Crippen molar-refractivity contribution in [2.45, 2.75) is 64.9 Å². The first-order chi connectivity index (χ1) is 7.77. The van der Waals surface area contributed by atoms with Crippen LogP contribution in [0.15, 0.2) is 0 Å². The molecule has 0 amide bonds. The van der Waals surface area contributed by atoms with E-state index in [1.807, 2.05) is 0 Å². The van der Waals surface area contributed by atoms with Gasteiger partial charge in [-0.25, -0.2) is 0 Å². The Balaban J connectivity index is 2.30. The fourth-order valence-corrected chi connectivity index (χ4v) is 2.86. The number of hydrogen-bond acceptors (Lipinski definition) is 2. The van der Waals surface area contributed by atoms with Gasteiger partial charge in [0.1, 0.15) is 0 Å². The van der Waals surface area contributed by atoms with E-state index >= 15 is 0 Å². The van der Waals surface area contributed by atoms with Gasteiger partial charge in [0, 0.05) is 6.54 Å². The standard InChI is InChI=1S/C14H29NO/c1-3-10-15(11-4-2)12-14(16)13-8-6-5-7-9-13/h13-14,16H,3-12H2,1-2H3. The highest BCUT2D eigenvalue weighted by Crippen LogP contribution is 2.26. The van der Waals surface area contributed by atoms with Crippen LogP contribution >= 0.6 is 0 Å². The lowest BCUT2D eigenvalue weighted by molar-refractivity contribution is 0.0475. The SMILES string of the molecule is CCCN(CCC)CC(O)C1CCCCC1. The topological polar surface area (TPSA) is 23.5 Å². The molecule has 0 radical (unpaired) electrons. The molecule has 1 rings (SSSR count). The van der Waals surface area contributed by atoms with E-state index in [1.165, 1.54) is 44.9 Å². The zero-order valence-corrected chi connectivity index (χ0v) is 11.1. The van der Waals surface area contributed by atoms with Crippen molar-refractivity contribution in [2.75, 3.05) is 19.6 Å². The van der Waals surface area contributed by atoms with Crippen LogP contribution in [-0.2, 0) is 0 Å². The second kappa shape index (κ2) is 8.08. The molecule has 2 heteroatoms. The van der Waals surface area contributed by atoms with Gasteiger partial charge in [0.15, 0.2) is 0 Å². The molecule has 1 aliphatic rings. The van der Waals surface area contributed by atoms with Crippen molar-refractivity contribution in [3.63, 3.8) is 0 Å². The first-order valence-corrected chi connectivity index (χ1v) is 7.18. The number of nitrogens with zero attached hydrogens (tertiary/aromatic N) is 1. The second-order valence-electron chi connectivity index (χ2n) is 5.27. The normalized spacial score (nSPS) is 20.2. The molecule has 0 aromatic carbocycles. The largest absolute Gasteiger partial charge is 0.392 e. The summed E-state index contributed by atoms with van der Waals surface area (Å²) in [5, 5.41) is 10.3. The molecule has 0 spiro atoms. The van der Waals surface area contributed by atoms with Crippen LogP contribution in [0.3, 0.4) is 0 Å². The molecule has 2 nitrogen and oxygen atoms in total. The lowest BCUT2D eigenvalue weighted by Gasteiger charge is -2.31. The van der Waals surface area contributed by atoms with Gasteiger partial charge in [0.05, 0.1) is 6.10 Å². The Labute approximate surface area is 101 Å². The van der Waals surface area contributed by atoms with Crippen molar-refractivity contribution in [3.05, 3.63) is 0 Å². The van der Waals surface area contributed by atoms with Crippen LogP contribution in [0.5, 0.6) is 0 Å². The summed E-state index contributed by atoms with van der Waals surface area (Å²) in [4.78, 5) is 2.43. The minimum atomic E-state index is -0.0848. The van der Waals surface area contributed by atoms with Crippen LogP contribution in [0, 0.1) is 5.92 Å². The van der Waals surface area contributed by atoms with E-state index in [4.69, 9.17) is 0 Å². The molecule has 1 N–H and O–H groups in total. The zero-order valence-electron chi connectivity index (χ0n) is 11.1. The summed E-state index contributed by atoms with van der Waals surface area (Å²) >= 11 is 0. The highest BCUT2D eigenvalue weighted by atomic mass is 16.3. The third-order valence-electron chi connectivity index (χ3n) is 3.72. The van der Waals surface area contributed by atoms with Crippen molar-refractivity contribution in [3.8, 4) is 0 Å². The van der Waals surface area contributed by atoms with Crippen LogP contribution in [0.1, 0.15) is 58.8 Å². The maximum atomic E-state index is 10.3. The Morgan fingerprint density at radius 2 is 1.62 bits per heavy atom. The molecule has 0 aromatic heterocycles. The third kappa shape index (κ3) is 4.84. The lowest BCUT2D eigenvalue weighted by Crippen LogP contribution is -2.38. The molecule has 0 aromatic rings. The van der Waals surface area contributed by atoms with E-state index in [1.54, 1.807) is 0 Å². The van der Waals surface area contributed by atoms with Crippen molar-refractivity contribution in [2.24, 2.45) is 5.92 Å². The smallest absolute Gasteiger partial charge is 0.0695 e. The number of aliphatic hydroxyl groups is 1. The van der Waals surface area contributed by atoms with Crippen LogP contribution in [0.2, 0.25) is 0 Å². The van der Waals surface area contributed by atoms with E-state index < -0.39 is 0 Å². The average Bonchev–Trinajstić information content (AvgIpc) is 2.31. The van der Waals surface area contributed by atoms with Gasteiger partial charge in [-0.2, -0.15) is 0 Å². The van der Waals surface area contributed by atoms with Gasteiger partial charge >= 0.3 is 0 Å². The molecule has 1 fully saturated rings. The van der Waals surface area contributed by atoms with Gasteiger partial charge in [-0.3, -0.25) is 0 Å². The Bertz CT molecular complexity index is 160. The van der Waals surface area contributed by atoms with Gasteiger partial charge < -0.3 is 10.0 Å². The Kier molecular flexibility index (Phi) is 7.06. The first-order valence-electron chi connectivity index (χ1n) is 7.18. The lowest BCUT2D eigenvalue weighted by atomic mass is 9.85. The molecular weight excluding hydrogens is 198 g/mol. The van der Waals surface area contributed by atoms with Crippen molar-refractivity contribution < 1.29 is 5.11 Å². The van der Waals surface area contributed by atoms with Crippen LogP contribution in [-0.4, -0.2) is 35.7 Å². The Morgan fingerprint density at radius 3 is 2.12 bits per heavy atom. The second-order valence-corrected chi connectivity index (χ2v) is 5.27. The fourth-order valence-electron chi connectivity index (χ4n) is 2.86. The van der Waals surface area contributed by atoms with Crippen molar-refractivity contribution in [1.82, 2.24) is 4.90 Å². The van der Waals surface area contributed by atoms with Crippen LogP contribution in [0.4, 0.5) is 0 Å². The van der Waals surface area contributed by atoms with Crippen LogP contribution in [0.25, 0.3) is 0 Å². The van der Waals surface area contributed by atoms with Crippen LogP contribution < -0.4 is 0 Å². The number of aliphatic hydroxyl groups excluding tert-OH is 1. The maximum absolute atomic E-state index is 10.3. The highest BCUT2D eigenvalue weighted by Gasteiger charge is 2.23. The summed E-state index contributed by atoms with van der Waals surface area (Å²) in [6, 6.07) is 0. The third-order valence-corrected chi connectivity index (χ3v) is 3.72. The molecule has 1 unspecified atom stereocenters. The summed E-state index contributed by atoms with van der Waals surface area (Å²) in [5.41, 5.74) is 0. The molecule has 1 aliphatic carbocycles. The summed E-state index contributed by atoms with van der Waals surface area (Å²) < 4.78 is 0. The molecule has 16 heavy (non-hydrogen) atoms. The van der Waals surface area contributed by atoms with Crippen molar-refractivity contribution in [1.29, 1.82) is 0 Å². The minimum absolute atomic E-state index is 0.0848. The minimum Gasteiger partial charge on any atom is -0.392 e. The summed E-state index contributed by atoms with van der Waals surface area (Å²) in [5.74, 6) is 0.574. The monoisotopic (exact) mass is 227 g/mol. The molecule has 1 atom stereocenters. The van der Waals surface area contributed by atoms with E-state index in [2.05, 4.69) is 18.7 Å². The zero-order chi connectivity index (χ0) is 11.8. The van der Waals surface area contributed by atoms with Gasteiger partial charge in [-0.15, -0.1) is 0 Å². The van der Waals surface area contributed by atoms with E-state index in [0.29, 0.717) is 5.92 Å². The quantitative estimate of drug-likeness (QED) is 0.722. The van der Waals surface area contributed by atoms with Gasteiger partial charge in [-0.05, 0) is 44.7 Å². The maximum Gasteiger partial charge on any atom is 0.0695 e. The molecule has 1 saturated carbocycles. The Morgan fingerprint density at radius 1 is 1.06 bits per heavy atom. The molecule has 0 saturated heterocycles. The molecule has 0 heterocycles. The predicted molar refractivity (Wildman–Crippen MR) is 69.6 cm³/mol. The first kappa shape index (κ1) is 14.0. The molecule has 0 bridgehead atoms. The molecule has 96 valence electrons. The fraction of sp³-hybridized carbons (Fsp3) is 1.00. The number of hydrogen-bond donors (Lipinski definition) is 1. The summed E-state index contributed by atoms with van der Waals surface area (Å²) in [7, 11) is 0. The average molecular weight is 227 g/mol. The van der Waals surface area contributed by atoms with Crippen molar-refractivity contribution >= 4 is 0 Å². The highest BCUT2D eigenvalue weighted by molar-refractivity contribution is 4.76. The molecular formula is C14H29NO. The van der Waals surface area contributed by atoms with E-state index in [9.17, 15) is 5.11 Å². The summed E-state index contributed by atoms with van der Waals surface area (Å²) in [6.07, 6.45) is 8.80. The number of rotatable bonds is 7. The van der Waals surface area contributed by atoms with Gasteiger partial charge in [0.2, 0.25) is 0 Å². The molecule has 0 aliphatic heterocycles. The Hall–Kier alpha value is -0.0800.